The average molecular weight is 343 g/mol. The standard InChI is InChI=1S/C16H27BrN2O/c1-5-9-18-13(3)15-8-7-14(12-16(15)17)19(4)10-11-20-6-2/h7-8,12-13,18H,5-6,9-11H2,1-4H3. The number of anilines is 1. The van der Waals surface area contributed by atoms with Gasteiger partial charge < -0.3 is 15.0 Å². The lowest BCUT2D eigenvalue weighted by Gasteiger charge is -2.22. The van der Waals surface area contributed by atoms with Gasteiger partial charge in [0.2, 0.25) is 0 Å². The molecule has 0 amide bonds. The van der Waals surface area contributed by atoms with Crippen LogP contribution in [0.4, 0.5) is 5.69 Å². The number of likely N-dealkylation sites (N-methyl/N-ethyl adjacent to an activating group) is 1. The molecule has 1 N–H and O–H groups in total. The van der Waals surface area contributed by atoms with Gasteiger partial charge in [0.05, 0.1) is 6.61 Å². The van der Waals surface area contributed by atoms with Gasteiger partial charge in [-0.05, 0) is 44.5 Å². The summed E-state index contributed by atoms with van der Waals surface area (Å²) in [5.41, 5.74) is 2.52. The predicted octanol–water partition coefficient (Wildman–Crippen LogP) is 3.98. The third-order valence-electron chi connectivity index (χ3n) is 3.37. The van der Waals surface area contributed by atoms with E-state index in [1.165, 1.54) is 11.3 Å². The number of nitrogens with one attached hydrogen (secondary N) is 1. The van der Waals surface area contributed by atoms with E-state index in [2.05, 4.69) is 65.2 Å². The first-order valence-electron chi connectivity index (χ1n) is 7.41. The maximum absolute atomic E-state index is 5.40. The van der Waals surface area contributed by atoms with E-state index in [1.807, 2.05) is 6.92 Å². The molecule has 1 unspecified atom stereocenters. The summed E-state index contributed by atoms with van der Waals surface area (Å²) in [4.78, 5) is 2.22. The molecule has 20 heavy (non-hydrogen) atoms. The van der Waals surface area contributed by atoms with Gasteiger partial charge in [-0.1, -0.05) is 28.9 Å². The monoisotopic (exact) mass is 342 g/mol. The van der Waals surface area contributed by atoms with Crippen LogP contribution in [0.1, 0.15) is 38.8 Å². The lowest BCUT2D eigenvalue weighted by atomic mass is 10.1. The molecule has 0 fully saturated rings. The minimum atomic E-state index is 0.368. The third-order valence-corrected chi connectivity index (χ3v) is 4.05. The van der Waals surface area contributed by atoms with Gasteiger partial charge in [-0.15, -0.1) is 0 Å². The fourth-order valence-electron chi connectivity index (χ4n) is 2.05. The highest BCUT2D eigenvalue weighted by Gasteiger charge is 2.10. The van der Waals surface area contributed by atoms with Crippen LogP contribution in [0.25, 0.3) is 0 Å². The first-order chi connectivity index (χ1) is 9.60. The summed E-state index contributed by atoms with van der Waals surface area (Å²) >= 11 is 3.69. The van der Waals surface area contributed by atoms with Crippen LogP contribution in [-0.2, 0) is 4.74 Å². The van der Waals surface area contributed by atoms with Crippen molar-refractivity contribution in [2.45, 2.75) is 33.2 Å². The molecule has 1 aromatic rings. The Morgan fingerprint density at radius 1 is 1.35 bits per heavy atom. The Bertz CT molecular complexity index is 398. The summed E-state index contributed by atoms with van der Waals surface area (Å²) < 4.78 is 6.56. The summed E-state index contributed by atoms with van der Waals surface area (Å²) in [6.45, 7) is 9.90. The van der Waals surface area contributed by atoms with Gasteiger partial charge in [-0.2, -0.15) is 0 Å². The van der Waals surface area contributed by atoms with Crippen molar-refractivity contribution in [3.63, 3.8) is 0 Å². The maximum atomic E-state index is 5.40. The zero-order valence-electron chi connectivity index (χ0n) is 13.1. The van der Waals surface area contributed by atoms with Crippen molar-refractivity contribution in [3.8, 4) is 0 Å². The zero-order chi connectivity index (χ0) is 15.0. The van der Waals surface area contributed by atoms with Crippen molar-refractivity contribution in [2.24, 2.45) is 0 Å². The quantitative estimate of drug-likeness (QED) is 0.687. The van der Waals surface area contributed by atoms with E-state index in [-0.39, 0.29) is 0 Å². The molecule has 3 nitrogen and oxygen atoms in total. The van der Waals surface area contributed by atoms with E-state index >= 15 is 0 Å². The van der Waals surface area contributed by atoms with Crippen molar-refractivity contribution in [2.75, 3.05) is 38.3 Å². The van der Waals surface area contributed by atoms with Gasteiger partial charge in [0.1, 0.15) is 0 Å². The summed E-state index contributed by atoms with van der Waals surface area (Å²) in [6, 6.07) is 6.93. The van der Waals surface area contributed by atoms with Gasteiger partial charge in [-0.25, -0.2) is 0 Å². The van der Waals surface area contributed by atoms with Crippen LogP contribution in [0.2, 0.25) is 0 Å². The SMILES string of the molecule is CCCNC(C)c1ccc(N(C)CCOCC)cc1Br. The fraction of sp³-hybridized carbons (Fsp3) is 0.625. The Kier molecular flexibility index (Phi) is 8.19. The second-order valence-electron chi connectivity index (χ2n) is 5.00. The lowest BCUT2D eigenvalue weighted by molar-refractivity contribution is 0.154. The molecule has 1 atom stereocenters. The van der Waals surface area contributed by atoms with Crippen LogP contribution >= 0.6 is 15.9 Å². The zero-order valence-corrected chi connectivity index (χ0v) is 14.7. The molecule has 1 rings (SSSR count). The second kappa shape index (κ2) is 9.37. The Morgan fingerprint density at radius 3 is 2.70 bits per heavy atom. The number of benzene rings is 1. The largest absolute Gasteiger partial charge is 0.380 e. The minimum Gasteiger partial charge on any atom is -0.380 e. The molecule has 0 spiro atoms. The first-order valence-corrected chi connectivity index (χ1v) is 8.21. The van der Waals surface area contributed by atoms with Gasteiger partial charge in [0.25, 0.3) is 0 Å². The van der Waals surface area contributed by atoms with E-state index in [4.69, 9.17) is 4.74 Å². The number of ether oxygens (including phenoxy) is 1. The van der Waals surface area contributed by atoms with Crippen LogP contribution < -0.4 is 10.2 Å². The first kappa shape index (κ1) is 17.5. The highest BCUT2D eigenvalue weighted by Crippen LogP contribution is 2.27. The molecule has 0 bridgehead atoms. The fourth-order valence-corrected chi connectivity index (χ4v) is 2.76. The number of hydrogen-bond donors (Lipinski definition) is 1. The minimum absolute atomic E-state index is 0.368. The number of halogens is 1. The van der Waals surface area contributed by atoms with E-state index in [9.17, 15) is 0 Å². The van der Waals surface area contributed by atoms with Crippen molar-refractivity contribution in [1.29, 1.82) is 0 Å². The topological polar surface area (TPSA) is 24.5 Å². The summed E-state index contributed by atoms with van der Waals surface area (Å²) in [5, 5.41) is 3.52. The molecule has 0 aromatic heterocycles. The van der Waals surface area contributed by atoms with Crippen molar-refractivity contribution >= 4 is 21.6 Å². The van der Waals surface area contributed by atoms with Crippen molar-refractivity contribution in [3.05, 3.63) is 28.2 Å². The summed E-state index contributed by atoms with van der Waals surface area (Å²) in [6.07, 6.45) is 1.15. The van der Waals surface area contributed by atoms with Crippen LogP contribution in [0.3, 0.4) is 0 Å². The Hall–Kier alpha value is -0.580. The molecule has 0 saturated carbocycles. The van der Waals surface area contributed by atoms with E-state index in [0.29, 0.717) is 6.04 Å². The van der Waals surface area contributed by atoms with Gasteiger partial charge in [0.15, 0.2) is 0 Å². The van der Waals surface area contributed by atoms with E-state index in [0.717, 1.165) is 37.2 Å². The van der Waals surface area contributed by atoms with Crippen LogP contribution in [-0.4, -0.2) is 33.4 Å². The molecule has 0 aliphatic carbocycles. The van der Waals surface area contributed by atoms with E-state index < -0.39 is 0 Å². The normalized spacial score (nSPS) is 12.4. The molecule has 0 saturated heterocycles. The van der Waals surface area contributed by atoms with E-state index in [1.54, 1.807) is 0 Å². The summed E-state index contributed by atoms with van der Waals surface area (Å²) in [5.74, 6) is 0. The number of rotatable bonds is 9. The smallest absolute Gasteiger partial charge is 0.0641 e. The Balaban J connectivity index is 2.66. The molecule has 0 aliphatic heterocycles. The summed E-state index contributed by atoms with van der Waals surface area (Å²) in [7, 11) is 2.10. The van der Waals surface area contributed by atoms with Gasteiger partial charge in [-0.3, -0.25) is 0 Å². The number of nitrogens with zero attached hydrogens (tertiary/aromatic N) is 1. The lowest BCUT2D eigenvalue weighted by Crippen LogP contribution is -2.23. The molecule has 114 valence electrons. The van der Waals surface area contributed by atoms with Crippen LogP contribution in [0, 0.1) is 0 Å². The molecular weight excluding hydrogens is 316 g/mol. The molecule has 4 heteroatoms. The molecule has 0 radical (unpaired) electrons. The third kappa shape index (κ3) is 5.43. The van der Waals surface area contributed by atoms with Gasteiger partial charge in [0, 0.05) is 36.4 Å². The van der Waals surface area contributed by atoms with Crippen LogP contribution in [0.15, 0.2) is 22.7 Å². The highest BCUT2D eigenvalue weighted by atomic mass is 79.9. The Labute approximate surface area is 131 Å². The molecule has 0 aliphatic rings. The predicted molar refractivity (Wildman–Crippen MR) is 90.6 cm³/mol. The molecular formula is C16H27BrN2O. The van der Waals surface area contributed by atoms with Crippen molar-refractivity contribution < 1.29 is 4.74 Å². The van der Waals surface area contributed by atoms with Gasteiger partial charge >= 0.3 is 0 Å². The average Bonchev–Trinajstić information content (AvgIpc) is 2.44. The van der Waals surface area contributed by atoms with Crippen LogP contribution in [0.5, 0.6) is 0 Å². The van der Waals surface area contributed by atoms with Crippen molar-refractivity contribution in [1.82, 2.24) is 5.32 Å². The molecule has 0 heterocycles. The second-order valence-corrected chi connectivity index (χ2v) is 5.85. The Morgan fingerprint density at radius 2 is 2.10 bits per heavy atom. The maximum Gasteiger partial charge on any atom is 0.0641 e. The number of hydrogen-bond acceptors (Lipinski definition) is 3. The highest BCUT2D eigenvalue weighted by molar-refractivity contribution is 9.10. The molecule has 1 aromatic carbocycles.